The van der Waals surface area contributed by atoms with E-state index < -0.39 is 12.1 Å². The summed E-state index contributed by atoms with van der Waals surface area (Å²) in [5, 5.41) is 11.0. The summed E-state index contributed by atoms with van der Waals surface area (Å²) in [6, 6.07) is 0. The summed E-state index contributed by atoms with van der Waals surface area (Å²) >= 11 is 0. The molecule has 1 heterocycles. The molecule has 27 heavy (non-hydrogen) atoms. The normalized spacial score (nSPS) is 41.8. The highest BCUT2D eigenvalue weighted by Gasteiger charge is 2.60. The number of hydrogen-bond donors (Lipinski definition) is 1. The maximum absolute atomic E-state index is 11.0. The highest BCUT2D eigenvalue weighted by Crippen LogP contribution is 2.56. The Morgan fingerprint density at radius 2 is 1.74 bits per heavy atom. The third-order valence-electron chi connectivity index (χ3n) is 7.67. The van der Waals surface area contributed by atoms with Crippen molar-refractivity contribution >= 4 is 0 Å². The number of fused-ring (bicyclic) bond motifs is 5. The second-order valence-electron chi connectivity index (χ2n) is 11.4. The molecule has 1 saturated heterocycles. The Hall–Kier alpha value is -0.160. The topological polar surface area (TPSA) is 47.9 Å². The van der Waals surface area contributed by atoms with Crippen LogP contribution in [0.4, 0.5) is 0 Å². The number of rotatable bonds is 7. The fourth-order valence-electron chi connectivity index (χ4n) is 5.79. The van der Waals surface area contributed by atoms with Gasteiger partial charge in [0.15, 0.2) is 12.1 Å². The van der Waals surface area contributed by atoms with Gasteiger partial charge in [-0.25, -0.2) is 0 Å². The molecular formula is C23H42O4. The standard InChI is InChI=1S/C23H42O4/c1-9-23(8)26-18-15-10-16(17(11-15)19(18)27-23)12-25-20(24)22(7,14(2)3)13-21(4,5)6/h14-20,24H,9-13H2,1-8H3/t15?,16?,17?,18?,19?,20?,22?,23-/m0/s1. The average Bonchev–Trinajstić information content (AvgIpc) is 3.20. The van der Waals surface area contributed by atoms with Crippen molar-refractivity contribution < 1.29 is 19.3 Å². The molecule has 3 rings (SSSR count). The lowest BCUT2D eigenvalue weighted by atomic mass is 9.68. The Bertz CT molecular complexity index is 527. The van der Waals surface area contributed by atoms with Crippen LogP contribution in [0.2, 0.25) is 0 Å². The third kappa shape index (κ3) is 4.10. The zero-order valence-electron chi connectivity index (χ0n) is 18.7. The van der Waals surface area contributed by atoms with E-state index in [1.165, 1.54) is 6.42 Å². The predicted octanol–water partition coefficient (Wildman–Crippen LogP) is 4.99. The van der Waals surface area contributed by atoms with Crippen LogP contribution in [-0.2, 0) is 14.2 Å². The quantitative estimate of drug-likeness (QED) is 0.631. The van der Waals surface area contributed by atoms with Gasteiger partial charge in [0.25, 0.3) is 0 Å². The summed E-state index contributed by atoms with van der Waals surface area (Å²) in [4.78, 5) is 0. The van der Waals surface area contributed by atoms with Crippen LogP contribution >= 0.6 is 0 Å². The van der Waals surface area contributed by atoms with E-state index in [4.69, 9.17) is 14.2 Å². The fourth-order valence-corrected chi connectivity index (χ4v) is 5.79. The monoisotopic (exact) mass is 382 g/mol. The van der Waals surface area contributed by atoms with Crippen molar-refractivity contribution in [2.75, 3.05) is 6.61 Å². The number of ether oxygens (including phenoxy) is 3. The highest BCUT2D eigenvalue weighted by atomic mass is 16.8. The van der Waals surface area contributed by atoms with Gasteiger partial charge in [0.1, 0.15) is 0 Å². The van der Waals surface area contributed by atoms with Gasteiger partial charge in [0.2, 0.25) is 0 Å². The van der Waals surface area contributed by atoms with E-state index in [1.807, 2.05) is 0 Å². The molecule has 8 atom stereocenters. The van der Waals surface area contributed by atoms with Crippen LogP contribution in [0, 0.1) is 34.5 Å². The smallest absolute Gasteiger partial charge is 0.166 e. The van der Waals surface area contributed by atoms with Crippen molar-refractivity contribution in [2.24, 2.45) is 34.5 Å². The Morgan fingerprint density at radius 1 is 1.11 bits per heavy atom. The maximum atomic E-state index is 11.0. The summed E-state index contributed by atoms with van der Waals surface area (Å²) in [7, 11) is 0. The largest absolute Gasteiger partial charge is 0.367 e. The minimum Gasteiger partial charge on any atom is -0.367 e. The van der Waals surface area contributed by atoms with Crippen LogP contribution in [0.15, 0.2) is 0 Å². The zero-order chi connectivity index (χ0) is 20.2. The van der Waals surface area contributed by atoms with Crippen LogP contribution < -0.4 is 0 Å². The number of aliphatic hydroxyl groups excluding tert-OH is 1. The van der Waals surface area contributed by atoms with Gasteiger partial charge in [0, 0.05) is 5.41 Å². The molecule has 4 heteroatoms. The zero-order valence-corrected chi connectivity index (χ0v) is 18.7. The predicted molar refractivity (Wildman–Crippen MR) is 107 cm³/mol. The van der Waals surface area contributed by atoms with E-state index in [9.17, 15) is 5.11 Å². The SMILES string of the molecule is CC[C@@]1(C)OC2C3CC(COC(O)C(C)(CC(C)(C)C)C(C)C)C(C3)C2O1. The second-order valence-corrected chi connectivity index (χ2v) is 11.4. The molecule has 2 aliphatic carbocycles. The Balaban J connectivity index is 1.59. The molecular weight excluding hydrogens is 340 g/mol. The van der Waals surface area contributed by atoms with E-state index in [0.717, 1.165) is 19.3 Å². The molecule has 4 nitrogen and oxygen atoms in total. The second kappa shape index (κ2) is 7.27. The summed E-state index contributed by atoms with van der Waals surface area (Å²) in [5.41, 5.74) is -0.0885. The first kappa shape index (κ1) is 21.5. The van der Waals surface area contributed by atoms with Gasteiger partial charge in [-0.3, -0.25) is 0 Å². The van der Waals surface area contributed by atoms with Crippen molar-refractivity contribution in [1.29, 1.82) is 0 Å². The summed E-state index contributed by atoms with van der Waals surface area (Å²) < 4.78 is 18.7. The Kier molecular flexibility index (Phi) is 5.80. The van der Waals surface area contributed by atoms with E-state index >= 15 is 0 Å². The van der Waals surface area contributed by atoms with Crippen LogP contribution in [0.3, 0.4) is 0 Å². The third-order valence-corrected chi connectivity index (χ3v) is 7.67. The average molecular weight is 383 g/mol. The van der Waals surface area contributed by atoms with Crippen LogP contribution in [0.25, 0.3) is 0 Å². The van der Waals surface area contributed by atoms with Gasteiger partial charge in [0.05, 0.1) is 18.8 Å². The molecule has 1 aliphatic heterocycles. The lowest BCUT2D eigenvalue weighted by Gasteiger charge is -2.43. The van der Waals surface area contributed by atoms with E-state index in [0.29, 0.717) is 30.3 Å². The Labute approximate surface area is 166 Å². The molecule has 3 fully saturated rings. The Morgan fingerprint density at radius 3 is 2.30 bits per heavy atom. The number of aliphatic hydroxyl groups is 1. The minimum atomic E-state index is -0.728. The molecule has 3 aliphatic rings. The van der Waals surface area contributed by atoms with E-state index in [1.54, 1.807) is 0 Å². The van der Waals surface area contributed by atoms with Gasteiger partial charge in [-0.1, -0.05) is 48.5 Å². The highest BCUT2D eigenvalue weighted by molar-refractivity contribution is 5.06. The van der Waals surface area contributed by atoms with Crippen molar-refractivity contribution in [2.45, 2.75) is 105 Å². The van der Waals surface area contributed by atoms with Gasteiger partial charge in [-0.2, -0.15) is 0 Å². The van der Waals surface area contributed by atoms with Crippen molar-refractivity contribution in [3.8, 4) is 0 Å². The van der Waals surface area contributed by atoms with Gasteiger partial charge < -0.3 is 19.3 Å². The van der Waals surface area contributed by atoms with Gasteiger partial charge in [-0.05, 0) is 61.7 Å². The van der Waals surface area contributed by atoms with E-state index in [2.05, 4.69) is 55.4 Å². The van der Waals surface area contributed by atoms with Crippen LogP contribution in [-0.4, -0.2) is 36.0 Å². The molecule has 1 N–H and O–H groups in total. The molecule has 0 aromatic carbocycles. The summed E-state index contributed by atoms with van der Waals surface area (Å²) in [6.07, 6.45) is 3.90. The van der Waals surface area contributed by atoms with E-state index in [-0.39, 0.29) is 23.0 Å². The van der Waals surface area contributed by atoms with Crippen molar-refractivity contribution in [1.82, 2.24) is 0 Å². The fraction of sp³-hybridized carbons (Fsp3) is 1.00. The molecule has 0 aromatic heterocycles. The maximum Gasteiger partial charge on any atom is 0.166 e. The van der Waals surface area contributed by atoms with Crippen LogP contribution in [0.1, 0.15) is 81.1 Å². The molecule has 7 unspecified atom stereocenters. The van der Waals surface area contributed by atoms with Gasteiger partial charge in [-0.15, -0.1) is 0 Å². The first-order valence-corrected chi connectivity index (χ1v) is 11.0. The molecule has 2 saturated carbocycles. The summed E-state index contributed by atoms with van der Waals surface area (Å²) in [6.45, 7) is 18.1. The molecule has 0 spiro atoms. The lowest BCUT2D eigenvalue weighted by molar-refractivity contribution is -0.204. The number of hydrogen-bond acceptors (Lipinski definition) is 4. The summed E-state index contributed by atoms with van der Waals surface area (Å²) in [5.74, 6) is 1.51. The van der Waals surface area contributed by atoms with Crippen LogP contribution in [0.5, 0.6) is 0 Å². The molecule has 2 bridgehead atoms. The first-order chi connectivity index (χ1) is 12.4. The van der Waals surface area contributed by atoms with Gasteiger partial charge >= 0.3 is 0 Å². The first-order valence-electron chi connectivity index (χ1n) is 11.0. The van der Waals surface area contributed by atoms with Crippen molar-refractivity contribution in [3.05, 3.63) is 0 Å². The minimum absolute atomic E-state index is 0.155. The lowest BCUT2D eigenvalue weighted by Crippen LogP contribution is -2.43. The molecule has 0 radical (unpaired) electrons. The van der Waals surface area contributed by atoms with Crippen molar-refractivity contribution in [3.63, 3.8) is 0 Å². The molecule has 0 amide bonds. The molecule has 0 aromatic rings. The molecule has 158 valence electrons.